The molecule has 3 rings (SSSR count). The van der Waals surface area contributed by atoms with Crippen molar-refractivity contribution >= 4 is 22.4 Å². The lowest BCUT2D eigenvalue weighted by molar-refractivity contribution is 0.102. The number of amides is 1. The lowest BCUT2D eigenvalue weighted by Gasteiger charge is -2.04. The van der Waals surface area contributed by atoms with Gasteiger partial charge in [0.2, 0.25) is 0 Å². The Morgan fingerprint density at radius 2 is 1.91 bits per heavy atom. The number of nitrogens with one attached hydrogen (secondary N) is 1. The zero-order valence-corrected chi connectivity index (χ0v) is 13.3. The average Bonchev–Trinajstić information content (AvgIpc) is 3.06. The van der Waals surface area contributed by atoms with Gasteiger partial charge in [-0.05, 0) is 32.9 Å². The van der Waals surface area contributed by atoms with Crippen LogP contribution in [0.4, 0.5) is 5.13 Å². The second kappa shape index (κ2) is 5.69. The van der Waals surface area contributed by atoms with Crippen LogP contribution in [-0.2, 0) is 0 Å². The molecule has 0 saturated carbocycles. The van der Waals surface area contributed by atoms with Crippen molar-refractivity contribution in [3.8, 4) is 5.69 Å². The summed E-state index contributed by atoms with van der Waals surface area (Å²) in [7, 11) is 0. The third-order valence-electron chi connectivity index (χ3n) is 3.23. The maximum absolute atomic E-state index is 12.3. The molecular weight excluding hydrogens is 298 g/mol. The summed E-state index contributed by atoms with van der Waals surface area (Å²) >= 11 is 1.39. The zero-order valence-electron chi connectivity index (χ0n) is 12.5. The Bertz CT molecular complexity index is 819. The highest BCUT2D eigenvalue weighted by molar-refractivity contribution is 7.13. The first-order chi connectivity index (χ1) is 10.5. The van der Waals surface area contributed by atoms with Gasteiger partial charge in [0.15, 0.2) is 10.8 Å². The molecule has 0 radical (unpaired) electrons. The fourth-order valence-electron chi connectivity index (χ4n) is 2.04. The van der Waals surface area contributed by atoms with Gasteiger partial charge in [0, 0.05) is 5.38 Å². The summed E-state index contributed by atoms with van der Waals surface area (Å²) in [5.41, 5.74) is 3.90. The van der Waals surface area contributed by atoms with Gasteiger partial charge in [-0.15, -0.1) is 16.4 Å². The van der Waals surface area contributed by atoms with Crippen LogP contribution in [0.1, 0.15) is 27.4 Å². The second-order valence-corrected chi connectivity index (χ2v) is 5.88. The van der Waals surface area contributed by atoms with Crippen LogP contribution in [0.3, 0.4) is 0 Å². The largest absolute Gasteiger partial charge is 0.296 e. The maximum atomic E-state index is 12.3. The molecule has 0 fully saturated rings. The molecule has 3 aromatic rings. The van der Waals surface area contributed by atoms with E-state index in [0.29, 0.717) is 16.5 Å². The molecule has 0 atom stereocenters. The van der Waals surface area contributed by atoms with Crippen LogP contribution in [0.25, 0.3) is 5.69 Å². The molecule has 0 aliphatic carbocycles. The monoisotopic (exact) mass is 313 g/mol. The van der Waals surface area contributed by atoms with Crippen molar-refractivity contribution in [2.24, 2.45) is 0 Å². The third-order valence-corrected chi connectivity index (χ3v) is 4.10. The Hall–Kier alpha value is -2.54. The van der Waals surface area contributed by atoms with Crippen molar-refractivity contribution in [2.75, 3.05) is 5.32 Å². The third kappa shape index (κ3) is 2.75. The van der Waals surface area contributed by atoms with Crippen LogP contribution in [0, 0.1) is 20.8 Å². The maximum Gasteiger partial charge on any atom is 0.279 e. The van der Waals surface area contributed by atoms with Gasteiger partial charge in [0.1, 0.15) is 0 Å². The Kier molecular flexibility index (Phi) is 3.72. The predicted octanol–water partition coefficient (Wildman–Crippen LogP) is 2.90. The summed E-state index contributed by atoms with van der Waals surface area (Å²) in [5, 5.41) is 13.3. The highest BCUT2D eigenvalue weighted by Crippen LogP contribution is 2.17. The van der Waals surface area contributed by atoms with E-state index in [1.165, 1.54) is 16.9 Å². The summed E-state index contributed by atoms with van der Waals surface area (Å²) < 4.78 is 1.65. The highest BCUT2D eigenvalue weighted by atomic mass is 32.1. The number of benzene rings is 1. The molecule has 0 unspecified atom stereocenters. The van der Waals surface area contributed by atoms with E-state index in [-0.39, 0.29) is 5.91 Å². The normalized spacial score (nSPS) is 10.7. The van der Waals surface area contributed by atoms with E-state index in [2.05, 4.69) is 20.6 Å². The molecule has 0 spiro atoms. The van der Waals surface area contributed by atoms with Crippen molar-refractivity contribution < 1.29 is 4.79 Å². The molecule has 0 saturated heterocycles. The minimum absolute atomic E-state index is 0.299. The standard InChI is InChI=1S/C15H15N5OS/c1-9-4-6-12(7-5-9)20-11(3)13(18-19-20)14(21)17-15-16-10(2)8-22-15/h4-8H,1-3H3,(H,16,17,21). The predicted molar refractivity (Wildman–Crippen MR) is 85.6 cm³/mol. The van der Waals surface area contributed by atoms with Crippen LogP contribution in [0.15, 0.2) is 29.6 Å². The van der Waals surface area contributed by atoms with Gasteiger partial charge in [-0.2, -0.15) is 0 Å². The summed E-state index contributed by atoms with van der Waals surface area (Å²) in [5.74, 6) is -0.301. The topological polar surface area (TPSA) is 72.7 Å². The minimum atomic E-state index is -0.301. The summed E-state index contributed by atoms with van der Waals surface area (Å²) in [6, 6.07) is 7.88. The van der Waals surface area contributed by atoms with Gasteiger partial charge in [-0.3, -0.25) is 10.1 Å². The van der Waals surface area contributed by atoms with Crippen LogP contribution in [-0.4, -0.2) is 25.9 Å². The first kappa shape index (κ1) is 14.4. The smallest absolute Gasteiger partial charge is 0.279 e. The lowest BCUT2D eigenvalue weighted by Crippen LogP contribution is -2.14. The van der Waals surface area contributed by atoms with Gasteiger partial charge in [-0.1, -0.05) is 22.9 Å². The highest BCUT2D eigenvalue weighted by Gasteiger charge is 2.18. The SMILES string of the molecule is Cc1ccc(-n2nnc(C(=O)Nc3nc(C)cs3)c2C)cc1. The van der Waals surface area contributed by atoms with Gasteiger partial charge in [0.25, 0.3) is 5.91 Å². The molecule has 7 heteroatoms. The van der Waals surface area contributed by atoms with E-state index in [1.54, 1.807) is 4.68 Å². The number of carbonyl (C=O) groups is 1. The van der Waals surface area contributed by atoms with Crippen LogP contribution in [0.5, 0.6) is 0 Å². The van der Waals surface area contributed by atoms with Gasteiger partial charge in [-0.25, -0.2) is 9.67 Å². The lowest BCUT2D eigenvalue weighted by atomic mass is 10.2. The molecular formula is C15H15N5OS. The molecule has 0 aliphatic heterocycles. The quantitative estimate of drug-likeness (QED) is 0.807. The number of thiazole rings is 1. The van der Waals surface area contributed by atoms with E-state index in [4.69, 9.17) is 0 Å². The zero-order chi connectivity index (χ0) is 15.7. The number of carbonyl (C=O) groups excluding carboxylic acids is 1. The van der Waals surface area contributed by atoms with Crippen molar-refractivity contribution in [3.05, 3.63) is 52.3 Å². The molecule has 2 heterocycles. The Morgan fingerprint density at radius 3 is 2.55 bits per heavy atom. The molecule has 0 aliphatic rings. The van der Waals surface area contributed by atoms with Crippen LogP contribution >= 0.6 is 11.3 Å². The molecule has 1 aromatic carbocycles. The number of hydrogen-bond donors (Lipinski definition) is 1. The molecule has 6 nitrogen and oxygen atoms in total. The summed E-state index contributed by atoms with van der Waals surface area (Å²) in [4.78, 5) is 16.5. The summed E-state index contributed by atoms with van der Waals surface area (Å²) in [6.45, 7) is 5.72. The average molecular weight is 313 g/mol. The Labute approximate surface area is 131 Å². The summed E-state index contributed by atoms with van der Waals surface area (Å²) in [6.07, 6.45) is 0. The van der Waals surface area contributed by atoms with Gasteiger partial charge < -0.3 is 0 Å². The van der Waals surface area contributed by atoms with E-state index in [0.717, 1.165) is 11.4 Å². The van der Waals surface area contributed by atoms with E-state index < -0.39 is 0 Å². The minimum Gasteiger partial charge on any atom is -0.296 e. The van der Waals surface area contributed by atoms with E-state index >= 15 is 0 Å². The number of nitrogens with zero attached hydrogens (tertiary/aromatic N) is 4. The van der Waals surface area contributed by atoms with Crippen molar-refractivity contribution in [1.29, 1.82) is 0 Å². The molecule has 1 amide bonds. The Balaban J connectivity index is 1.86. The fourth-order valence-corrected chi connectivity index (χ4v) is 2.72. The first-order valence-electron chi connectivity index (χ1n) is 6.77. The molecule has 22 heavy (non-hydrogen) atoms. The van der Waals surface area contributed by atoms with Crippen molar-refractivity contribution in [1.82, 2.24) is 20.0 Å². The Morgan fingerprint density at radius 1 is 1.18 bits per heavy atom. The van der Waals surface area contributed by atoms with Crippen LogP contribution in [0.2, 0.25) is 0 Å². The van der Waals surface area contributed by atoms with E-state index in [9.17, 15) is 4.79 Å². The molecule has 2 aromatic heterocycles. The molecule has 112 valence electrons. The number of aromatic nitrogens is 4. The van der Waals surface area contributed by atoms with Crippen molar-refractivity contribution in [2.45, 2.75) is 20.8 Å². The van der Waals surface area contributed by atoms with Crippen LogP contribution < -0.4 is 5.32 Å². The van der Waals surface area contributed by atoms with Crippen molar-refractivity contribution in [3.63, 3.8) is 0 Å². The molecule has 0 bridgehead atoms. The first-order valence-corrected chi connectivity index (χ1v) is 7.65. The second-order valence-electron chi connectivity index (χ2n) is 5.02. The number of aryl methyl sites for hydroxylation is 2. The fraction of sp³-hybridized carbons (Fsp3) is 0.200. The number of rotatable bonds is 3. The van der Waals surface area contributed by atoms with Gasteiger partial charge >= 0.3 is 0 Å². The number of hydrogen-bond acceptors (Lipinski definition) is 5. The van der Waals surface area contributed by atoms with E-state index in [1.807, 2.05) is 50.4 Å². The number of anilines is 1. The van der Waals surface area contributed by atoms with Gasteiger partial charge in [0.05, 0.1) is 17.1 Å². The molecule has 1 N–H and O–H groups in total.